The van der Waals surface area contributed by atoms with Crippen molar-refractivity contribution in [1.29, 1.82) is 0 Å². The van der Waals surface area contributed by atoms with Crippen molar-refractivity contribution in [3.05, 3.63) is 41.4 Å². The summed E-state index contributed by atoms with van der Waals surface area (Å²) in [4.78, 5) is 19.0. The molecule has 1 aliphatic heterocycles. The number of piperidine rings is 1. The van der Waals surface area contributed by atoms with Gasteiger partial charge in [0.1, 0.15) is 5.01 Å². The van der Waals surface area contributed by atoms with Crippen LogP contribution >= 0.6 is 11.3 Å². The van der Waals surface area contributed by atoms with Gasteiger partial charge in [0.15, 0.2) is 0 Å². The van der Waals surface area contributed by atoms with Crippen molar-refractivity contribution in [2.45, 2.75) is 51.3 Å². The maximum absolute atomic E-state index is 12.7. The van der Waals surface area contributed by atoms with Gasteiger partial charge >= 0.3 is 6.09 Å². The lowest BCUT2D eigenvalue weighted by Crippen LogP contribution is -2.58. The summed E-state index contributed by atoms with van der Waals surface area (Å²) in [7, 11) is -3.41. The second-order valence-electron chi connectivity index (χ2n) is 7.55. The number of hydrogen-bond donors (Lipinski definition) is 1. The van der Waals surface area contributed by atoms with Gasteiger partial charge in [-0.1, -0.05) is 30.3 Å². The van der Waals surface area contributed by atoms with Crippen LogP contribution in [0.25, 0.3) is 10.6 Å². The van der Waals surface area contributed by atoms with Gasteiger partial charge in [0.25, 0.3) is 0 Å². The quantitative estimate of drug-likeness (QED) is 0.749. The minimum Gasteiger partial charge on any atom is -0.447 e. The molecule has 2 atom stereocenters. The highest BCUT2D eigenvalue weighted by molar-refractivity contribution is 7.88. The second kappa shape index (κ2) is 9.23. The van der Waals surface area contributed by atoms with E-state index in [1.807, 2.05) is 35.7 Å². The Morgan fingerprint density at radius 1 is 1.34 bits per heavy atom. The lowest BCUT2D eigenvalue weighted by molar-refractivity contribution is 0.0459. The van der Waals surface area contributed by atoms with Gasteiger partial charge in [-0.25, -0.2) is 22.9 Å². The van der Waals surface area contributed by atoms with E-state index in [9.17, 15) is 13.2 Å². The zero-order valence-corrected chi connectivity index (χ0v) is 18.5. The third kappa shape index (κ3) is 6.01. The molecule has 0 radical (unpaired) electrons. The van der Waals surface area contributed by atoms with Crippen LogP contribution in [0.15, 0.2) is 35.7 Å². The van der Waals surface area contributed by atoms with E-state index < -0.39 is 16.1 Å². The Kier molecular flexibility index (Phi) is 6.92. The van der Waals surface area contributed by atoms with Crippen LogP contribution in [0.5, 0.6) is 0 Å². The number of likely N-dealkylation sites (tertiary alicyclic amines) is 1. The minimum atomic E-state index is -3.41. The molecule has 0 aliphatic carbocycles. The first kappa shape index (κ1) is 21.7. The molecule has 1 aromatic carbocycles. The third-order valence-corrected chi connectivity index (χ3v) is 6.38. The fraction of sp³-hybridized carbons (Fsp3) is 0.500. The Morgan fingerprint density at radius 2 is 2.07 bits per heavy atom. The number of hydrogen-bond acceptors (Lipinski definition) is 6. The Hall–Kier alpha value is -1.97. The number of sulfonamides is 1. The number of benzene rings is 1. The monoisotopic (exact) mass is 437 g/mol. The van der Waals surface area contributed by atoms with Gasteiger partial charge in [-0.05, 0) is 26.7 Å². The molecule has 1 fully saturated rings. The van der Waals surface area contributed by atoms with E-state index in [1.54, 1.807) is 30.1 Å². The summed E-state index contributed by atoms with van der Waals surface area (Å²) in [5, 5.41) is 2.88. The average Bonchev–Trinajstić information content (AvgIpc) is 3.10. The molecule has 1 aromatic heterocycles. The number of carbonyl (C=O) groups is 1. The van der Waals surface area contributed by atoms with Gasteiger partial charge in [0, 0.05) is 30.0 Å². The maximum atomic E-state index is 12.7. The van der Waals surface area contributed by atoms with Gasteiger partial charge in [-0.15, -0.1) is 11.3 Å². The number of ether oxygens (including phenoxy) is 1. The van der Waals surface area contributed by atoms with Crippen LogP contribution in [-0.2, 0) is 21.2 Å². The van der Waals surface area contributed by atoms with Gasteiger partial charge in [-0.2, -0.15) is 0 Å². The molecule has 29 heavy (non-hydrogen) atoms. The van der Waals surface area contributed by atoms with Crippen LogP contribution in [-0.4, -0.2) is 55.4 Å². The minimum absolute atomic E-state index is 0.240. The highest BCUT2D eigenvalue weighted by Gasteiger charge is 2.37. The van der Waals surface area contributed by atoms with Crippen molar-refractivity contribution in [3.63, 3.8) is 0 Å². The van der Waals surface area contributed by atoms with Crippen LogP contribution in [0.3, 0.4) is 0 Å². The van der Waals surface area contributed by atoms with Crippen molar-refractivity contribution in [3.8, 4) is 10.6 Å². The topological polar surface area (TPSA) is 88.6 Å². The number of nitrogens with zero attached hydrogens (tertiary/aromatic N) is 2. The first-order valence-electron chi connectivity index (χ1n) is 9.67. The normalized spacial score (nSPS) is 20.1. The summed E-state index contributed by atoms with van der Waals surface area (Å²) in [6.07, 6.45) is 2.33. The fourth-order valence-electron chi connectivity index (χ4n) is 3.55. The lowest BCUT2D eigenvalue weighted by atomic mass is 9.94. The van der Waals surface area contributed by atoms with E-state index >= 15 is 0 Å². The molecule has 158 valence electrons. The number of thiazole rings is 1. The van der Waals surface area contributed by atoms with E-state index in [4.69, 9.17) is 9.72 Å². The first-order valence-corrected chi connectivity index (χ1v) is 12.4. The largest absolute Gasteiger partial charge is 0.447 e. The van der Waals surface area contributed by atoms with Crippen LogP contribution in [0.2, 0.25) is 0 Å². The van der Waals surface area contributed by atoms with Crippen molar-refractivity contribution in [2.24, 2.45) is 0 Å². The lowest BCUT2D eigenvalue weighted by Gasteiger charge is -2.40. The predicted molar refractivity (Wildman–Crippen MR) is 114 cm³/mol. The Labute approximate surface area is 176 Å². The van der Waals surface area contributed by atoms with E-state index in [0.717, 1.165) is 22.5 Å². The van der Waals surface area contributed by atoms with Crippen LogP contribution in [0.1, 0.15) is 32.4 Å². The zero-order chi connectivity index (χ0) is 21.0. The van der Waals surface area contributed by atoms with Crippen molar-refractivity contribution >= 4 is 27.5 Å². The molecule has 0 spiro atoms. The molecule has 9 heteroatoms. The van der Waals surface area contributed by atoms with E-state index in [-0.39, 0.29) is 18.2 Å². The number of nitrogens with one attached hydrogen (secondary N) is 1. The highest BCUT2D eigenvalue weighted by atomic mass is 32.2. The predicted octanol–water partition coefficient (Wildman–Crippen LogP) is 3.28. The number of rotatable bonds is 6. The molecule has 1 saturated heterocycles. The summed E-state index contributed by atoms with van der Waals surface area (Å²) < 4.78 is 31.9. The Morgan fingerprint density at radius 3 is 2.72 bits per heavy atom. The molecular formula is C20H27N3O4S2. The van der Waals surface area contributed by atoms with Crippen LogP contribution in [0, 0.1) is 0 Å². The fourth-order valence-corrected chi connectivity index (χ4v) is 5.21. The zero-order valence-electron chi connectivity index (χ0n) is 16.9. The molecule has 2 aromatic rings. The van der Waals surface area contributed by atoms with Crippen molar-refractivity contribution < 1.29 is 17.9 Å². The summed E-state index contributed by atoms with van der Waals surface area (Å²) in [5.74, 6) is 0. The van der Waals surface area contributed by atoms with E-state index in [2.05, 4.69) is 4.72 Å². The van der Waals surface area contributed by atoms with Gasteiger partial charge in [0.05, 0.1) is 24.1 Å². The summed E-state index contributed by atoms with van der Waals surface area (Å²) in [5.41, 5.74) is 1.87. The van der Waals surface area contributed by atoms with Gasteiger partial charge < -0.3 is 9.64 Å². The third-order valence-electron chi connectivity index (χ3n) is 4.71. The molecule has 2 heterocycles. The Balaban J connectivity index is 1.84. The molecule has 7 nitrogen and oxygen atoms in total. The standard InChI is InChI=1S/C20H27N3O4S2/c1-14(2)27-20(24)23-11-7-10-17(22-29(3,25)26)18(23)12-16-13-28-19(21-16)15-8-5-4-6-9-15/h4-6,8-9,13-14,17-18,22H,7,10-12H2,1-3H3/t17-,18-/m0/s1. The van der Waals surface area contributed by atoms with Gasteiger partial charge in [-0.3, -0.25) is 0 Å². The number of aromatic nitrogens is 1. The SMILES string of the molecule is CC(C)OC(=O)N1CCC[C@H](NS(C)(=O)=O)[C@@H]1Cc1csc(-c2ccccc2)n1. The smallest absolute Gasteiger partial charge is 0.410 e. The first-order chi connectivity index (χ1) is 13.7. The van der Waals surface area contributed by atoms with Crippen molar-refractivity contribution in [1.82, 2.24) is 14.6 Å². The van der Waals surface area contributed by atoms with Gasteiger partial charge in [0.2, 0.25) is 10.0 Å². The molecule has 0 bridgehead atoms. The summed E-state index contributed by atoms with van der Waals surface area (Å²) >= 11 is 1.54. The number of carbonyl (C=O) groups excluding carboxylic acids is 1. The molecule has 3 rings (SSSR count). The van der Waals surface area contributed by atoms with Crippen molar-refractivity contribution in [2.75, 3.05) is 12.8 Å². The molecule has 0 saturated carbocycles. The number of amides is 1. The van der Waals surface area contributed by atoms with Crippen LogP contribution in [0.4, 0.5) is 4.79 Å². The molecule has 1 amide bonds. The maximum Gasteiger partial charge on any atom is 0.410 e. The summed E-state index contributed by atoms with van der Waals surface area (Å²) in [6, 6.07) is 9.17. The second-order valence-corrected chi connectivity index (χ2v) is 10.2. The highest BCUT2D eigenvalue weighted by Crippen LogP contribution is 2.27. The molecular weight excluding hydrogens is 410 g/mol. The van der Waals surface area contributed by atoms with E-state index in [1.165, 1.54) is 0 Å². The summed E-state index contributed by atoms with van der Waals surface area (Å²) in [6.45, 7) is 4.14. The van der Waals surface area contributed by atoms with Crippen LogP contribution < -0.4 is 4.72 Å². The average molecular weight is 438 g/mol. The van der Waals surface area contributed by atoms with E-state index in [0.29, 0.717) is 25.8 Å². The Bertz CT molecular complexity index is 928. The molecule has 1 aliphatic rings. The molecule has 1 N–H and O–H groups in total. The molecule has 0 unspecified atom stereocenters.